The van der Waals surface area contributed by atoms with Crippen LogP contribution in [0.4, 0.5) is 26.3 Å². The van der Waals surface area contributed by atoms with Crippen LogP contribution in [0.2, 0.25) is 0 Å². The van der Waals surface area contributed by atoms with E-state index in [9.17, 15) is 26.3 Å². The maximum atomic E-state index is 12.4. The molecule has 0 aromatic heterocycles. The second-order valence-corrected chi connectivity index (χ2v) is 6.52. The molecule has 2 rings (SSSR count). The van der Waals surface area contributed by atoms with Crippen molar-refractivity contribution in [2.75, 3.05) is 0 Å². The minimum atomic E-state index is -4.96. The Hall–Kier alpha value is -1.76. The van der Waals surface area contributed by atoms with Gasteiger partial charge >= 0.3 is 20.4 Å². The van der Waals surface area contributed by atoms with Gasteiger partial charge in [-0.05, 0) is 36.4 Å². The van der Waals surface area contributed by atoms with Crippen LogP contribution in [0.3, 0.4) is 0 Å². The molecule has 0 bridgehead atoms. The summed E-state index contributed by atoms with van der Waals surface area (Å²) >= 11 is 5.98. The van der Waals surface area contributed by atoms with Crippen molar-refractivity contribution in [2.24, 2.45) is 0 Å². The molecule has 0 amide bonds. The van der Waals surface area contributed by atoms with E-state index in [-0.39, 0.29) is 11.5 Å². The van der Waals surface area contributed by atoms with E-state index in [1.54, 1.807) is 0 Å². The summed E-state index contributed by atoms with van der Waals surface area (Å²) in [5.74, 6) is -1.96. The summed E-state index contributed by atoms with van der Waals surface area (Å²) in [5, 5.41) is 0. The molecule has 146 valence electrons. The molecule has 0 aliphatic heterocycles. The number of alkyl halides is 6. The first-order valence-electron chi connectivity index (χ1n) is 6.79. The average molecular weight is 524 g/mol. The predicted molar refractivity (Wildman–Crippen MR) is 90.1 cm³/mol. The van der Waals surface area contributed by atoms with E-state index in [0.29, 0.717) is 8.95 Å². The van der Waals surface area contributed by atoms with Crippen molar-refractivity contribution in [1.82, 2.24) is 0 Å². The maximum Gasteiger partial charge on any atom is 0.576 e. The van der Waals surface area contributed by atoms with Gasteiger partial charge in [0.15, 0.2) is 11.5 Å². The zero-order valence-electron chi connectivity index (χ0n) is 12.8. The van der Waals surface area contributed by atoms with Crippen molar-refractivity contribution < 1.29 is 45.1 Å². The molecule has 0 radical (unpaired) electrons. The molecule has 0 aliphatic carbocycles. The molecule has 2 aromatic rings. The van der Waals surface area contributed by atoms with Crippen LogP contribution in [-0.2, 0) is 0 Å². The van der Waals surface area contributed by atoms with Gasteiger partial charge in [0.1, 0.15) is 11.5 Å². The van der Waals surface area contributed by atoms with Gasteiger partial charge in [-0.25, -0.2) is 0 Å². The van der Waals surface area contributed by atoms with Crippen LogP contribution >= 0.6 is 31.9 Å². The highest BCUT2D eigenvalue weighted by molar-refractivity contribution is 9.10. The smallest absolute Gasteiger partial charge is 0.526 e. The minimum Gasteiger partial charge on any atom is -0.526 e. The quantitative estimate of drug-likeness (QED) is 0.358. The summed E-state index contributed by atoms with van der Waals surface area (Å²) in [6.07, 6.45) is -9.92. The lowest BCUT2D eigenvalue weighted by Crippen LogP contribution is -2.20. The zero-order valence-corrected chi connectivity index (χ0v) is 16.0. The molecule has 2 aromatic carbocycles. The van der Waals surface area contributed by atoms with Crippen LogP contribution < -0.4 is 18.8 Å². The average Bonchev–Trinajstić information content (AvgIpc) is 2.48. The SMILES string of the molecule is FC(F)(F)Oc1cc(Br)ccc1OBOc1ccc(Br)cc1OC(F)(F)F. The van der Waals surface area contributed by atoms with Crippen LogP contribution in [0.15, 0.2) is 45.3 Å². The number of hydrogen-bond acceptors (Lipinski definition) is 4. The Morgan fingerprint density at radius 2 is 1.00 bits per heavy atom. The molecule has 0 N–H and O–H groups in total. The molecular formula is C14H7BBr2F6O4. The monoisotopic (exact) mass is 522 g/mol. The van der Waals surface area contributed by atoms with Gasteiger partial charge in [0.2, 0.25) is 0 Å². The highest BCUT2D eigenvalue weighted by Crippen LogP contribution is 2.36. The molecule has 13 heteroatoms. The van der Waals surface area contributed by atoms with Crippen molar-refractivity contribution in [3.05, 3.63) is 45.3 Å². The molecular weight excluding hydrogens is 517 g/mol. The van der Waals surface area contributed by atoms with E-state index < -0.39 is 31.9 Å². The number of halogens is 8. The molecule has 27 heavy (non-hydrogen) atoms. The first-order chi connectivity index (χ1) is 12.4. The third kappa shape index (κ3) is 7.41. The lowest BCUT2D eigenvalue weighted by Gasteiger charge is -2.16. The van der Waals surface area contributed by atoms with Gasteiger partial charge in [-0.15, -0.1) is 26.3 Å². The fraction of sp³-hybridized carbons (Fsp3) is 0.143. The van der Waals surface area contributed by atoms with Crippen LogP contribution in [0.5, 0.6) is 23.0 Å². The lowest BCUT2D eigenvalue weighted by molar-refractivity contribution is -0.275. The maximum absolute atomic E-state index is 12.4. The summed E-state index contributed by atoms with van der Waals surface area (Å²) in [7, 11) is -0.703. The van der Waals surface area contributed by atoms with E-state index in [4.69, 9.17) is 9.31 Å². The standard InChI is InChI=1S/C14H7BBr2F6O4/c16-7-1-3-9(11(5-7)24-13(18,19)20)26-15-27-10-4-2-8(17)6-12(10)25-14(21,22)23/h1-6,15H. The number of rotatable bonds is 6. The number of ether oxygens (including phenoxy) is 2. The van der Waals surface area contributed by atoms with E-state index >= 15 is 0 Å². The minimum absolute atomic E-state index is 0.295. The molecule has 0 aliphatic rings. The van der Waals surface area contributed by atoms with Crippen molar-refractivity contribution in [3.8, 4) is 23.0 Å². The van der Waals surface area contributed by atoms with Gasteiger partial charge in [-0.3, -0.25) is 0 Å². The second-order valence-electron chi connectivity index (χ2n) is 4.68. The van der Waals surface area contributed by atoms with Gasteiger partial charge in [-0.1, -0.05) is 31.9 Å². The molecule has 0 fully saturated rings. The van der Waals surface area contributed by atoms with E-state index in [2.05, 4.69) is 41.3 Å². The Labute approximate surface area is 165 Å². The largest absolute Gasteiger partial charge is 0.576 e. The summed E-state index contributed by atoms with van der Waals surface area (Å²) in [4.78, 5) is 0. The Morgan fingerprint density at radius 3 is 1.33 bits per heavy atom. The summed E-state index contributed by atoms with van der Waals surface area (Å²) in [5.41, 5.74) is 0. The van der Waals surface area contributed by atoms with Crippen molar-refractivity contribution in [1.29, 1.82) is 0 Å². The fourth-order valence-corrected chi connectivity index (χ4v) is 2.45. The molecule has 0 spiro atoms. The Morgan fingerprint density at radius 1 is 0.630 bits per heavy atom. The molecule has 0 saturated carbocycles. The van der Waals surface area contributed by atoms with Crippen molar-refractivity contribution in [2.45, 2.75) is 12.7 Å². The number of benzene rings is 2. The van der Waals surface area contributed by atoms with E-state index in [0.717, 1.165) is 12.1 Å². The Balaban J connectivity index is 2.11. The van der Waals surface area contributed by atoms with Crippen LogP contribution in [0.25, 0.3) is 0 Å². The molecule has 0 unspecified atom stereocenters. The highest BCUT2D eigenvalue weighted by atomic mass is 79.9. The van der Waals surface area contributed by atoms with Gasteiger partial charge in [-0.2, -0.15) is 0 Å². The first-order valence-corrected chi connectivity index (χ1v) is 8.38. The van der Waals surface area contributed by atoms with Crippen LogP contribution in [0.1, 0.15) is 0 Å². The van der Waals surface area contributed by atoms with Gasteiger partial charge in [0.25, 0.3) is 0 Å². The predicted octanol–water partition coefficient (Wildman–Crippen LogP) is 5.73. The highest BCUT2D eigenvalue weighted by Gasteiger charge is 2.33. The Kier molecular flexibility index (Phi) is 6.79. The summed E-state index contributed by atoms with van der Waals surface area (Å²) in [6, 6.07) is 7.14. The third-order valence-electron chi connectivity index (χ3n) is 2.69. The van der Waals surface area contributed by atoms with Crippen LogP contribution in [0, 0.1) is 0 Å². The fourth-order valence-electron chi connectivity index (χ4n) is 1.77. The number of hydrogen-bond donors (Lipinski definition) is 0. The lowest BCUT2D eigenvalue weighted by atomic mass is 10.2. The summed E-state index contributed by atoms with van der Waals surface area (Å²) in [6.45, 7) is 0. The zero-order chi connectivity index (χ0) is 20.2. The van der Waals surface area contributed by atoms with Crippen LogP contribution in [-0.4, -0.2) is 20.4 Å². The first kappa shape index (κ1) is 21.5. The summed E-state index contributed by atoms with van der Waals surface area (Å²) < 4.78 is 93.0. The molecule has 0 heterocycles. The van der Waals surface area contributed by atoms with Gasteiger partial charge < -0.3 is 18.8 Å². The normalized spacial score (nSPS) is 11.7. The van der Waals surface area contributed by atoms with Crippen molar-refractivity contribution in [3.63, 3.8) is 0 Å². The molecule has 0 saturated heterocycles. The van der Waals surface area contributed by atoms with E-state index in [1.165, 1.54) is 24.3 Å². The third-order valence-corrected chi connectivity index (χ3v) is 3.68. The van der Waals surface area contributed by atoms with Crippen molar-refractivity contribution >= 4 is 39.5 Å². The topological polar surface area (TPSA) is 36.9 Å². The van der Waals surface area contributed by atoms with E-state index in [1.807, 2.05) is 0 Å². The van der Waals surface area contributed by atoms with Gasteiger partial charge in [0, 0.05) is 8.95 Å². The molecule has 4 nitrogen and oxygen atoms in total. The second kappa shape index (κ2) is 8.51. The van der Waals surface area contributed by atoms with Gasteiger partial charge in [0.05, 0.1) is 0 Å². The Bertz CT molecular complexity index is 735. The molecule has 0 atom stereocenters.